The van der Waals surface area contributed by atoms with E-state index in [-0.39, 0.29) is 17.7 Å². The molecule has 5 nitrogen and oxygen atoms in total. The molecule has 3 rings (SSSR count). The van der Waals surface area contributed by atoms with Gasteiger partial charge in [0.25, 0.3) is 5.91 Å². The highest BCUT2D eigenvalue weighted by Crippen LogP contribution is 2.28. The molecule has 142 valence electrons. The summed E-state index contributed by atoms with van der Waals surface area (Å²) in [7, 11) is 0. The first-order valence-corrected chi connectivity index (χ1v) is 9.91. The SMILES string of the molecule is O=C(NCCCOCC1CC1)C1CCN(C(=O)c2ccc(Cl)cc2)CC1. The van der Waals surface area contributed by atoms with Gasteiger partial charge in [0.2, 0.25) is 5.91 Å². The summed E-state index contributed by atoms with van der Waals surface area (Å²) in [6.45, 7) is 3.47. The molecule has 0 spiro atoms. The van der Waals surface area contributed by atoms with E-state index in [4.69, 9.17) is 16.3 Å². The summed E-state index contributed by atoms with van der Waals surface area (Å²) in [6, 6.07) is 6.94. The molecule has 0 aromatic heterocycles. The highest BCUT2D eigenvalue weighted by atomic mass is 35.5. The number of nitrogens with one attached hydrogen (secondary N) is 1. The number of piperidine rings is 1. The van der Waals surface area contributed by atoms with E-state index in [1.54, 1.807) is 24.3 Å². The highest BCUT2D eigenvalue weighted by Gasteiger charge is 2.27. The van der Waals surface area contributed by atoms with Crippen molar-refractivity contribution in [2.45, 2.75) is 32.1 Å². The molecule has 26 heavy (non-hydrogen) atoms. The lowest BCUT2D eigenvalue weighted by Crippen LogP contribution is -2.43. The number of rotatable bonds is 8. The molecule has 0 atom stereocenters. The molecule has 0 bridgehead atoms. The van der Waals surface area contributed by atoms with E-state index >= 15 is 0 Å². The molecule has 1 heterocycles. The van der Waals surface area contributed by atoms with Crippen LogP contribution in [0.3, 0.4) is 0 Å². The van der Waals surface area contributed by atoms with Gasteiger partial charge in [-0.05, 0) is 62.3 Å². The van der Waals surface area contributed by atoms with Gasteiger partial charge in [-0.3, -0.25) is 9.59 Å². The summed E-state index contributed by atoms with van der Waals surface area (Å²) in [5.41, 5.74) is 0.642. The number of carbonyl (C=O) groups is 2. The van der Waals surface area contributed by atoms with Crippen LogP contribution in [-0.2, 0) is 9.53 Å². The fourth-order valence-corrected chi connectivity index (χ4v) is 3.31. The molecular weight excluding hydrogens is 352 g/mol. The van der Waals surface area contributed by atoms with Crippen molar-refractivity contribution in [2.24, 2.45) is 11.8 Å². The third-order valence-electron chi connectivity index (χ3n) is 5.06. The molecule has 1 aliphatic carbocycles. The molecule has 1 aromatic rings. The van der Waals surface area contributed by atoms with Crippen molar-refractivity contribution < 1.29 is 14.3 Å². The van der Waals surface area contributed by atoms with Gasteiger partial charge in [-0.2, -0.15) is 0 Å². The largest absolute Gasteiger partial charge is 0.381 e. The van der Waals surface area contributed by atoms with E-state index in [1.165, 1.54) is 12.8 Å². The molecule has 1 aliphatic heterocycles. The third kappa shape index (κ3) is 5.71. The van der Waals surface area contributed by atoms with Crippen LogP contribution in [0.5, 0.6) is 0 Å². The normalized spacial score (nSPS) is 18.0. The van der Waals surface area contributed by atoms with Crippen LogP contribution < -0.4 is 5.32 Å². The fourth-order valence-electron chi connectivity index (χ4n) is 3.18. The van der Waals surface area contributed by atoms with E-state index < -0.39 is 0 Å². The second kappa shape index (κ2) is 9.38. The van der Waals surface area contributed by atoms with Gasteiger partial charge in [0, 0.05) is 49.4 Å². The monoisotopic (exact) mass is 378 g/mol. The molecule has 2 aliphatic rings. The third-order valence-corrected chi connectivity index (χ3v) is 5.31. The number of nitrogens with zero attached hydrogens (tertiary/aromatic N) is 1. The fraction of sp³-hybridized carbons (Fsp3) is 0.600. The molecule has 0 radical (unpaired) electrons. The predicted octanol–water partition coefficient (Wildman–Crippen LogP) is 3.13. The molecule has 1 saturated carbocycles. The Morgan fingerprint density at radius 2 is 1.81 bits per heavy atom. The second-order valence-electron chi connectivity index (χ2n) is 7.24. The first kappa shape index (κ1) is 19.2. The van der Waals surface area contributed by atoms with Gasteiger partial charge in [0.1, 0.15) is 0 Å². The molecule has 1 aromatic carbocycles. The standard InChI is InChI=1S/C20H27ClN2O3/c21-18-6-4-17(5-7-18)20(25)23-11-8-16(9-12-23)19(24)22-10-1-13-26-14-15-2-3-15/h4-7,15-16H,1-3,8-14H2,(H,22,24). The van der Waals surface area contributed by atoms with Gasteiger partial charge < -0.3 is 15.0 Å². The Bertz CT molecular complexity index is 608. The Hall–Kier alpha value is -1.59. The Kier molecular flexibility index (Phi) is 6.92. The van der Waals surface area contributed by atoms with Crippen LogP contribution in [0.4, 0.5) is 0 Å². The zero-order valence-electron chi connectivity index (χ0n) is 15.1. The maximum absolute atomic E-state index is 12.5. The van der Waals surface area contributed by atoms with Crippen molar-refractivity contribution >= 4 is 23.4 Å². The molecule has 1 saturated heterocycles. The van der Waals surface area contributed by atoms with Crippen LogP contribution in [0.15, 0.2) is 24.3 Å². The predicted molar refractivity (Wildman–Crippen MR) is 101 cm³/mol. The first-order valence-electron chi connectivity index (χ1n) is 9.54. The maximum atomic E-state index is 12.5. The number of hydrogen-bond donors (Lipinski definition) is 1. The molecule has 6 heteroatoms. The van der Waals surface area contributed by atoms with Gasteiger partial charge in [0.05, 0.1) is 0 Å². The number of benzene rings is 1. The minimum atomic E-state index is -0.00310. The average Bonchev–Trinajstić information content (AvgIpc) is 3.49. The number of carbonyl (C=O) groups excluding carboxylic acids is 2. The van der Waals surface area contributed by atoms with Gasteiger partial charge >= 0.3 is 0 Å². The highest BCUT2D eigenvalue weighted by molar-refractivity contribution is 6.30. The van der Waals surface area contributed by atoms with Crippen molar-refractivity contribution in [1.29, 1.82) is 0 Å². The van der Waals surface area contributed by atoms with Crippen LogP contribution in [0, 0.1) is 11.8 Å². The van der Waals surface area contributed by atoms with E-state index in [0.717, 1.165) is 18.9 Å². The van der Waals surface area contributed by atoms with Crippen molar-refractivity contribution in [3.8, 4) is 0 Å². The molecule has 0 unspecified atom stereocenters. The summed E-state index contributed by atoms with van der Waals surface area (Å²) in [6.07, 6.45) is 4.88. The van der Waals surface area contributed by atoms with Gasteiger partial charge in [-0.1, -0.05) is 11.6 Å². The van der Waals surface area contributed by atoms with Crippen molar-refractivity contribution in [2.75, 3.05) is 32.8 Å². The van der Waals surface area contributed by atoms with E-state index in [9.17, 15) is 9.59 Å². The van der Waals surface area contributed by atoms with Crippen LogP contribution in [0.25, 0.3) is 0 Å². The number of hydrogen-bond acceptors (Lipinski definition) is 3. The van der Waals surface area contributed by atoms with E-state index in [0.29, 0.717) is 49.7 Å². The number of halogens is 1. The second-order valence-corrected chi connectivity index (χ2v) is 7.67. The Morgan fingerprint density at radius 3 is 2.46 bits per heavy atom. The number of amides is 2. The van der Waals surface area contributed by atoms with Crippen LogP contribution in [0.1, 0.15) is 42.5 Å². The summed E-state index contributed by atoms with van der Waals surface area (Å²) < 4.78 is 5.57. The van der Waals surface area contributed by atoms with Crippen LogP contribution in [0.2, 0.25) is 5.02 Å². The maximum Gasteiger partial charge on any atom is 0.253 e. The summed E-state index contributed by atoms with van der Waals surface area (Å²) in [5.74, 6) is 0.890. The zero-order chi connectivity index (χ0) is 18.4. The summed E-state index contributed by atoms with van der Waals surface area (Å²) in [4.78, 5) is 26.6. The number of likely N-dealkylation sites (tertiary alicyclic amines) is 1. The molecule has 1 N–H and O–H groups in total. The van der Waals surface area contributed by atoms with Crippen molar-refractivity contribution in [3.05, 3.63) is 34.9 Å². The van der Waals surface area contributed by atoms with Gasteiger partial charge in [0.15, 0.2) is 0 Å². The smallest absolute Gasteiger partial charge is 0.253 e. The molecule has 2 amide bonds. The average molecular weight is 379 g/mol. The molecule has 2 fully saturated rings. The number of ether oxygens (including phenoxy) is 1. The minimum Gasteiger partial charge on any atom is -0.381 e. The van der Waals surface area contributed by atoms with Crippen LogP contribution >= 0.6 is 11.6 Å². The van der Waals surface area contributed by atoms with Crippen molar-refractivity contribution in [1.82, 2.24) is 10.2 Å². The zero-order valence-corrected chi connectivity index (χ0v) is 15.8. The topological polar surface area (TPSA) is 58.6 Å². The Morgan fingerprint density at radius 1 is 1.12 bits per heavy atom. The van der Waals surface area contributed by atoms with E-state index in [1.807, 2.05) is 4.90 Å². The Labute approximate surface area is 160 Å². The first-order chi connectivity index (χ1) is 12.6. The summed E-state index contributed by atoms with van der Waals surface area (Å²) >= 11 is 5.87. The van der Waals surface area contributed by atoms with Gasteiger partial charge in [-0.25, -0.2) is 0 Å². The quantitative estimate of drug-likeness (QED) is 0.707. The van der Waals surface area contributed by atoms with E-state index in [2.05, 4.69) is 5.32 Å². The lowest BCUT2D eigenvalue weighted by molar-refractivity contribution is -0.126. The van der Waals surface area contributed by atoms with Crippen LogP contribution in [-0.4, -0.2) is 49.6 Å². The minimum absolute atomic E-state index is 0.00310. The lowest BCUT2D eigenvalue weighted by atomic mass is 9.95. The van der Waals surface area contributed by atoms with Crippen molar-refractivity contribution in [3.63, 3.8) is 0 Å². The Balaban J connectivity index is 1.32. The van der Waals surface area contributed by atoms with Gasteiger partial charge in [-0.15, -0.1) is 0 Å². The summed E-state index contributed by atoms with van der Waals surface area (Å²) in [5, 5.41) is 3.62. The molecular formula is C20H27ClN2O3. The lowest BCUT2D eigenvalue weighted by Gasteiger charge is -2.31.